The third-order valence-electron chi connectivity index (χ3n) is 7.05. The fourth-order valence-corrected chi connectivity index (χ4v) is 4.98. The Morgan fingerprint density at radius 2 is 1.94 bits per heavy atom. The lowest BCUT2D eigenvalue weighted by atomic mass is 9.99. The van der Waals surface area contributed by atoms with Gasteiger partial charge in [0, 0.05) is 38.4 Å². The molecule has 6 rings (SSSR count). The number of anilines is 3. The van der Waals surface area contributed by atoms with E-state index in [1.165, 1.54) is 16.7 Å². The molecule has 0 saturated carbocycles. The number of nitrogens with zero attached hydrogens (tertiary/aromatic N) is 6. The summed E-state index contributed by atoms with van der Waals surface area (Å²) in [4.78, 5) is 20.8. The molecular weight excluding hydrogens is 448 g/mol. The monoisotopic (exact) mass is 478 g/mol. The van der Waals surface area contributed by atoms with Gasteiger partial charge < -0.3 is 20.1 Å². The summed E-state index contributed by atoms with van der Waals surface area (Å²) in [5, 5.41) is 6.93. The minimum absolute atomic E-state index is 0.387. The van der Waals surface area contributed by atoms with Gasteiger partial charge in [0.15, 0.2) is 5.82 Å². The minimum atomic E-state index is 0.387. The molecule has 182 valence electrons. The normalized spacial score (nSPS) is 16.1. The Morgan fingerprint density at radius 1 is 1.03 bits per heavy atom. The average Bonchev–Trinajstić information content (AvgIpc) is 3.26. The van der Waals surface area contributed by atoms with Gasteiger partial charge in [-0.15, -0.1) is 0 Å². The predicted octanol–water partition coefficient (Wildman–Crippen LogP) is 4.35. The maximum atomic E-state index is 4.97. The molecule has 36 heavy (non-hydrogen) atoms. The Morgan fingerprint density at radius 3 is 2.81 bits per heavy atom. The second-order valence-corrected chi connectivity index (χ2v) is 9.63. The molecule has 5 aromatic rings. The topological polar surface area (TPSA) is 83.8 Å². The zero-order chi connectivity index (χ0) is 24.6. The van der Waals surface area contributed by atoms with Crippen molar-refractivity contribution in [2.24, 2.45) is 7.05 Å². The van der Waals surface area contributed by atoms with Crippen molar-refractivity contribution in [2.75, 3.05) is 29.9 Å². The van der Waals surface area contributed by atoms with E-state index in [-0.39, 0.29) is 0 Å². The number of nitrogens with one attached hydrogen (secondary N) is 2. The van der Waals surface area contributed by atoms with Gasteiger partial charge in [-0.2, -0.15) is 0 Å². The summed E-state index contributed by atoms with van der Waals surface area (Å²) < 4.78 is 2.05. The van der Waals surface area contributed by atoms with Gasteiger partial charge >= 0.3 is 0 Å². The van der Waals surface area contributed by atoms with Gasteiger partial charge in [-0.3, -0.25) is 0 Å². The van der Waals surface area contributed by atoms with Crippen molar-refractivity contribution in [1.29, 1.82) is 0 Å². The number of imidazole rings is 1. The van der Waals surface area contributed by atoms with Crippen LogP contribution in [0.15, 0.2) is 61.2 Å². The average molecular weight is 479 g/mol. The second-order valence-electron chi connectivity index (χ2n) is 9.63. The molecule has 0 bridgehead atoms. The zero-order valence-electron chi connectivity index (χ0n) is 20.9. The summed E-state index contributed by atoms with van der Waals surface area (Å²) in [5.74, 6) is 1.68. The smallest absolute Gasteiger partial charge is 0.160 e. The van der Waals surface area contributed by atoms with Crippen molar-refractivity contribution in [1.82, 2.24) is 29.8 Å². The van der Waals surface area contributed by atoms with Crippen LogP contribution in [0.4, 0.5) is 17.3 Å². The molecule has 0 amide bonds. The highest BCUT2D eigenvalue weighted by Crippen LogP contribution is 2.27. The fourth-order valence-electron chi connectivity index (χ4n) is 4.98. The van der Waals surface area contributed by atoms with Gasteiger partial charge in [0.2, 0.25) is 0 Å². The molecule has 1 saturated heterocycles. The zero-order valence-corrected chi connectivity index (χ0v) is 20.9. The van der Waals surface area contributed by atoms with Crippen molar-refractivity contribution in [3.63, 3.8) is 0 Å². The highest BCUT2D eigenvalue weighted by atomic mass is 15.3. The van der Waals surface area contributed by atoms with Crippen LogP contribution in [0.3, 0.4) is 0 Å². The first-order valence-electron chi connectivity index (χ1n) is 12.4. The second kappa shape index (κ2) is 9.20. The molecule has 3 aromatic heterocycles. The molecule has 0 spiro atoms. The van der Waals surface area contributed by atoms with Crippen LogP contribution in [0, 0.1) is 6.92 Å². The van der Waals surface area contributed by atoms with Gasteiger partial charge in [-0.05, 0) is 73.4 Å². The number of fused-ring (bicyclic) bond motifs is 2. The number of hydrogen-bond acceptors (Lipinski definition) is 7. The summed E-state index contributed by atoms with van der Waals surface area (Å²) >= 11 is 0. The largest absolute Gasteiger partial charge is 0.351 e. The van der Waals surface area contributed by atoms with E-state index in [9.17, 15) is 0 Å². The number of aryl methyl sites for hydroxylation is 2. The van der Waals surface area contributed by atoms with Crippen molar-refractivity contribution < 1.29 is 0 Å². The molecule has 1 unspecified atom stereocenters. The Kier molecular flexibility index (Phi) is 5.73. The van der Waals surface area contributed by atoms with Crippen molar-refractivity contribution in [2.45, 2.75) is 26.3 Å². The first-order chi connectivity index (χ1) is 17.5. The number of benzene rings is 2. The van der Waals surface area contributed by atoms with Gasteiger partial charge in [0.05, 0.1) is 22.9 Å². The molecule has 2 aromatic carbocycles. The molecule has 4 heterocycles. The van der Waals surface area contributed by atoms with Crippen LogP contribution in [0.1, 0.15) is 23.6 Å². The number of piperazine rings is 1. The molecular formula is C28H30N8. The molecule has 8 nitrogen and oxygen atoms in total. The van der Waals surface area contributed by atoms with Crippen LogP contribution in [0.25, 0.3) is 22.1 Å². The van der Waals surface area contributed by atoms with E-state index in [1.807, 2.05) is 24.0 Å². The van der Waals surface area contributed by atoms with E-state index in [4.69, 9.17) is 4.98 Å². The number of hydrogen-bond donors (Lipinski definition) is 2. The molecule has 1 atom stereocenters. The van der Waals surface area contributed by atoms with E-state index in [0.29, 0.717) is 6.04 Å². The standard InChI is InChI=1S/C28H30N8/c1-18-12-22(6-5-21(18)13-20-4-8-25-24(14-20)32-17-35(25)3)33-28-27-23(30-16-31-28)7-9-26(34-27)36-11-10-29-15-19(36)2/h4-9,12,14,16-17,19,29H,10-11,13,15H2,1-3H3,(H,30,31,33). The first kappa shape index (κ1) is 22.4. The van der Waals surface area contributed by atoms with Crippen molar-refractivity contribution in [3.8, 4) is 0 Å². The molecule has 8 heteroatoms. The first-order valence-corrected chi connectivity index (χ1v) is 12.4. The maximum Gasteiger partial charge on any atom is 0.160 e. The van der Waals surface area contributed by atoms with E-state index < -0.39 is 0 Å². The summed E-state index contributed by atoms with van der Waals surface area (Å²) in [6.45, 7) is 7.22. The Labute approximate surface area is 210 Å². The summed E-state index contributed by atoms with van der Waals surface area (Å²) in [6, 6.07) is 17.5. The van der Waals surface area contributed by atoms with Crippen LogP contribution in [-0.4, -0.2) is 50.2 Å². The van der Waals surface area contributed by atoms with Crippen LogP contribution >= 0.6 is 0 Å². The fraction of sp³-hybridized carbons (Fsp3) is 0.286. The Hall–Kier alpha value is -4.04. The molecule has 0 radical (unpaired) electrons. The van der Waals surface area contributed by atoms with Crippen LogP contribution in [-0.2, 0) is 13.5 Å². The molecule has 1 fully saturated rings. The number of pyridine rings is 1. The predicted molar refractivity (Wildman–Crippen MR) is 145 cm³/mol. The Bertz CT molecular complexity index is 1560. The SMILES string of the molecule is Cc1cc(Nc2ncnc3ccc(N4CCNCC4C)nc23)ccc1Cc1ccc2c(c1)ncn2C. The van der Waals surface area contributed by atoms with Gasteiger partial charge in [0.1, 0.15) is 17.7 Å². The highest BCUT2D eigenvalue weighted by Gasteiger charge is 2.20. The third kappa shape index (κ3) is 4.24. The minimum Gasteiger partial charge on any atom is -0.351 e. The lowest BCUT2D eigenvalue weighted by molar-refractivity contribution is 0.497. The van der Waals surface area contributed by atoms with E-state index in [2.05, 4.69) is 86.8 Å². The lowest BCUT2D eigenvalue weighted by Crippen LogP contribution is -2.50. The highest BCUT2D eigenvalue weighted by molar-refractivity contribution is 5.88. The number of rotatable bonds is 5. The van der Waals surface area contributed by atoms with E-state index in [0.717, 1.165) is 65.4 Å². The maximum absolute atomic E-state index is 4.97. The van der Waals surface area contributed by atoms with Gasteiger partial charge in [-0.1, -0.05) is 12.1 Å². The lowest BCUT2D eigenvalue weighted by Gasteiger charge is -2.35. The molecule has 2 N–H and O–H groups in total. The summed E-state index contributed by atoms with van der Waals surface area (Å²) in [7, 11) is 2.02. The van der Waals surface area contributed by atoms with Crippen LogP contribution in [0.2, 0.25) is 0 Å². The number of aromatic nitrogens is 5. The van der Waals surface area contributed by atoms with Gasteiger partial charge in [0.25, 0.3) is 0 Å². The molecule has 0 aliphatic carbocycles. The van der Waals surface area contributed by atoms with Crippen molar-refractivity contribution >= 4 is 39.4 Å². The molecule has 1 aliphatic heterocycles. The quantitative estimate of drug-likeness (QED) is 0.388. The van der Waals surface area contributed by atoms with Crippen LogP contribution in [0.5, 0.6) is 0 Å². The summed E-state index contributed by atoms with van der Waals surface area (Å²) in [5.41, 5.74) is 8.55. The van der Waals surface area contributed by atoms with Gasteiger partial charge in [-0.25, -0.2) is 19.9 Å². The van der Waals surface area contributed by atoms with E-state index in [1.54, 1.807) is 6.33 Å². The molecule has 1 aliphatic rings. The van der Waals surface area contributed by atoms with Crippen LogP contribution < -0.4 is 15.5 Å². The summed E-state index contributed by atoms with van der Waals surface area (Å²) in [6.07, 6.45) is 4.32. The van der Waals surface area contributed by atoms with E-state index >= 15 is 0 Å². The third-order valence-corrected chi connectivity index (χ3v) is 7.05. The van der Waals surface area contributed by atoms with Crippen molar-refractivity contribution in [3.05, 3.63) is 77.9 Å². The Balaban J connectivity index is 1.25.